The summed E-state index contributed by atoms with van der Waals surface area (Å²) in [6, 6.07) is 3.36. The predicted molar refractivity (Wildman–Crippen MR) is 301 cm³/mol. The van der Waals surface area contributed by atoms with E-state index in [0.717, 1.165) is 11.1 Å². The van der Waals surface area contributed by atoms with Crippen molar-refractivity contribution in [2.75, 3.05) is 48.2 Å². The van der Waals surface area contributed by atoms with Gasteiger partial charge in [-0.2, -0.15) is 0 Å². The normalized spacial score (nSPS) is 37.1. The number of cyclic esters (lactones) is 1. The minimum atomic E-state index is -2.01. The summed E-state index contributed by atoms with van der Waals surface area (Å²) in [6.07, 6.45) is -7.70. The standard InChI is InChI=1S/C59H94N4O19/c1-17-42-59(12,72)50(67)33(4)45(61-76-30-73-15)31(2)26-57(10,71)51(82-55-48(66)41(62(13)14)23-32(3)77-55)34(5)49(35(6)54(70)79-42)81-44-27-58(11,74-16)52(36(7)78-44)80-43(64)20-22-60-21-18-19-37-24-38-29-75-56(8,9)63-28-40(53(68)69)47(65)39(25-37)46(38)63/h24-25,28,31-36,41-42,44,48-52,55,60,66-67,71-72H,17-23,26-27,29-30H2,1-16H3,(H,68,69)/b61-45+/t31-,32-,33+,34+,35-,36+,41+,42-,44+,48-,49+,50-,51-,52+,55+,57-,58-,59-/m1/s1. The third kappa shape index (κ3) is 14.9. The lowest BCUT2D eigenvalue weighted by molar-refractivity contribution is -0.318. The molecule has 1 aromatic heterocycles. The fourth-order valence-corrected chi connectivity index (χ4v) is 12.7. The Morgan fingerprint density at radius 1 is 0.927 bits per heavy atom. The molecule has 0 aliphatic carbocycles. The molecule has 0 bridgehead atoms. The van der Waals surface area contributed by atoms with E-state index in [4.69, 9.17) is 47.5 Å². The average Bonchev–Trinajstić information content (AvgIpc) is 3.49. The number of hydrogen-bond donors (Lipinski definition) is 6. The van der Waals surface area contributed by atoms with Crippen LogP contribution in [0.25, 0.3) is 10.9 Å². The molecular weight excluding hydrogens is 1070 g/mol. The summed E-state index contributed by atoms with van der Waals surface area (Å²) in [6.45, 7) is 21.4. The van der Waals surface area contributed by atoms with E-state index >= 15 is 0 Å². The molecule has 4 aliphatic rings. The van der Waals surface area contributed by atoms with Gasteiger partial charge in [-0.25, -0.2) is 4.79 Å². The number of pyridine rings is 1. The molecule has 3 saturated heterocycles. The maximum atomic E-state index is 14.7. The second-order valence-corrected chi connectivity index (χ2v) is 24.6. The van der Waals surface area contributed by atoms with E-state index < -0.39 is 125 Å². The van der Waals surface area contributed by atoms with Gasteiger partial charge in [-0.15, -0.1) is 0 Å². The van der Waals surface area contributed by atoms with Crippen molar-refractivity contribution in [2.24, 2.45) is 28.8 Å². The summed E-state index contributed by atoms with van der Waals surface area (Å²) >= 11 is 0. The second kappa shape index (κ2) is 27.4. The minimum Gasteiger partial charge on any atom is -0.477 e. The zero-order valence-electron chi connectivity index (χ0n) is 51.0. The largest absolute Gasteiger partial charge is 0.477 e. The number of carbonyl (C=O) groups is 3. The Morgan fingerprint density at radius 2 is 1.62 bits per heavy atom. The number of aromatic carboxylic acids is 1. The maximum absolute atomic E-state index is 14.7. The van der Waals surface area contributed by atoms with Crippen LogP contribution in [0.3, 0.4) is 0 Å². The number of aryl methyl sites for hydroxylation is 1. The first-order valence-corrected chi connectivity index (χ1v) is 28.9. The number of aliphatic hydroxyl groups is 4. The molecule has 6 rings (SSSR count). The Kier molecular flexibility index (Phi) is 22.4. The van der Waals surface area contributed by atoms with Gasteiger partial charge in [0.2, 0.25) is 12.2 Å². The topological polar surface area (TPSA) is 294 Å². The first-order valence-electron chi connectivity index (χ1n) is 28.9. The molecule has 4 aliphatic heterocycles. The number of carbonyl (C=O) groups excluding carboxylic acids is 2. The molecule has 0 spiro atoms. The number of ether oxygens (including phenoxy) is 9. The molecule has 2 aromatic rings. The number of methoxy groups -OCH3 is 2. The zero-order valence-corrected chi connectivity index (χ0v) is 51.0. The highest BCUT2D eigenvalue weighted by molar-refractivity contribution is 5.94. The SMILES string of the molecule is CC[C@H]1OC(=O)[C@H](C)[C@@H](O[C@H]2C[C@@](C)(OC)[C@@H](OC(=O)CCNCCCc3cc4c5c(c3)c(=O)c(C(=O)O)cn5C(C)(C)OC4)[C@H](C)O2)[C@H](C)[C@@H](O[C@@H]2O[C@H](C)C[C@H](N(C)C)[C@H]2O)[C@](C)(O)C[C@@H](C)/C(=N\OCOC)[C@H](C)[C@@H](O)[C@]1(C)O. The van der Waals surface area contributed by atoms with Gasteiger partial charge >= 0.3 is 17.9 Å². The fourth-order valence-electron chi connectivity index (χ4n) is 12.7. The molecular formula is C59H94N4O19. The van der Waals surface area contributed by atoms with Crippen LogP contribution < -0.4 is 10.7 Å². The Morgan fingerprint density at radius 3 is 2.26 bits per heavy atom. The second-order valence-electron chi connectivity index (χ2n) is 24.6. The van der Waals surface area contributed by atoms with Crippen molar-refractivity contribution in [2.45, 2.75) is 225 Å². The lowest BCUT2D eigenvalue weighted by Gasteiger charge is -2.49. The summed E-state index contributed by atoms with van der Waals surface area (Å²) in [5.74, 6) is -6.23. The molecule has 23 heteroatoms. The van der Waals surface area contributed by atoms with Crippen molar-refractivity contribution in [1.29, 1.82) is 0 Å². The Labute approximate surface area is 482 Å². The van der Waals surface area contributed by atoms with Crippen molar-refractivity contribution in [3.63, 3.8) is 0 Å². The van der Waals surface area contributed by atoms with E-state index in [0.29, 0.717) is 36.7 Å². The Balaban J connectivity index is 1.20. The molecule has 0 unspecified atom stereocenters. The van der Waals surface area contributed by atoms with Crippen molar-refractivity contribution >= 4 is 34.5 Å². The number of oxime groups is 1. The van der Waals surface area contributed by atoms with Gasteiger partial charge in [-0.05, 0) is 120 Å². The van der Waals surface area contributed by atoms with Crippen LogP contribution in [0.15, 0.2) is 28.3 Å². The van der Waals surface area contributed by atoms with Gasteiger partial charge in [0.25, 0.3) is 0 Å². The maximum Gasteiger partial charge on any atom is 0.341 e. The molecule has 0 amide bonds. The summed E-state index contributed by atoms with van der Waals surface area (Å²) < 4.78 is 57.8. The number of rotatable bonds is 19. The molecule has 6 N–H and O–H groups in total. The van der Waals surface area contributed by atoms with Gasteiger partial charge in [0.05, 0.1) is 66.3 Å². The number of esters is 2. The molecule has 18 atom stereocenters. The first kappa shape index (κ1) is 66.9. The number of carboxylic acid groups (broad SMARTS) is 1. The number of benzene rings is 1. The average molecular weight is 1160 g/mol. The number of carboxylic acids is 1. The minimum absolute atomic E-state index is 0.00393. The van der Waals surface area contributed by atoms with Crippen LogP contribution in [0.4, 0.5) is 0 Å². The van der Waals surface area contributed by atoms with Gasteiger partial charge in [0.15, 0.2) is 18.7 Å². The summed E-state index contributed by atoms with van der Waals surface area (Å²) in [7, 11) is 6.61. The van der Waals surface area contributed by atoms with Gasteiger partial charge in [0.1, 0.15) is 34.7 Å². The third-order valence-corrected chi connectivity index (χ3v) is 17.4. The molecule has 464 valence electrons. The highest BCUT2D eigenvalue weighted by Gasteiger charge is 2.54. The van der Waals surface area contributed by atoms with Gasteiger partial charge in [0, 0.05) is 68.1 Å². The van der Waals surface area contributed by atoms with Crippen molar-refractivity contribution in [1.82, 2.24) is 14.8 Å². The third-order valence-electron chi connectivity index (χ3n) is 17.4. The van der Waals surface area contributed by atoms with Crippen LogP contribution in [0.5, 0.6) is 0 Å². The van der Waals surface area contributed by atoms with Crippen LogP contribution in [0.1, 0.15) is 143 Å². The van der Waals surface area contributed by atoms with E-state index in [1.54, 1.807) is 66.0 Å². The van der Waals surface area contributed by atoms with Crippen LogP contribution in [0.2, 0.25) is 0 Å². The smallest absolute Gasteiger partial charge is 0.341 e. The highest BCUT2D eigenvalue weighted by atomic mass is 16.7. The highest BCUT2D eigenvalue weighted by Crippen LogP contribution is 2.42. The van der Waals surface area contributed by atoms with Gasteiger partial charge in [-0.3, -0.25) is 14.4 Å². The van der Waals surface area contributed by atoms with Crippen LogP contribution in [-0.2, 0) is 75.8 Å². The van der Waals surface area contributed by atoms with E-state index in [1.807, 2.05) is 45.8 Å². The monoisotopic (exact) mass is 1160 g/mol. The molecule has 23 nitrogen and oxygen atoms in total. The molecule has 82 heavy (non-hydrogen) atoms. The van der Waals surface area contributed by atoms with Crippen LogP contribution >= 0.6 is 0 Å². The number of hydrogen-bond acceptors (Lipinski definition) is 21. The summed E-state index contributed by atoms with van der Waals surface area (Å²) in [5.41, 5.74) is -4.17. The Bertz CT molecular complexity index is 2610. The van der Waals surface area contributed by atoms with Crippen molar-refractivity contribution in [3.8, 4) is 0 Å². The first-order chi connectivity index (χ1) is 38.3. The van der Waals surface area contributed by atoms with Gasteiger partial charge < -0.3 is 87.8 Å². The number of aromatic nitrogens is 1. The number of likely N-dealkylation sites (N-methyl/N-ethyl adjacent to an activating group) is 1. The summed E-state index contributed by atoms with van der Waals surface area (Å²) in [5, 5.41) is 66.6. The molecule has 3 fully saturated rings. The van der Waals surface area contributed by atoms with E-state index in [9.17, 15) is 44.7 Å². The lowest BCUT2D eigenvalue weighted by atomic mass is 9.73. The van der Waals surface area contributed by atoms with E-state index in [2.05, 4.69) is 10.5 Å². The van der Waals surface area contributed by atoms with Gasteiger partial charge in [-0.1, -0.05) is 38.9 Å². The lowest BCUT2D eigenvalue weighted by Crippen LogP contribution is -2.61. The van der Waals surface area contributed by atoms with E-state index in [-0.39, 0.29) is 69.0 Å². The van der Waals surface area contributed by atoms with Crippen LogP contribution in [0, 0.1) is 23.7 Å². The van der Waals surface area contributed by atoms with E-state index in [1.165, 1.54) is 27.3 Å². The molecule has 5 heterocycles. The molecule has 0 saturated carbocycles. The quantitative estimate of drug-likeness (QED) is 0.0485. The predicted octanol–water partition coefficient (Wildman–Crippen LogP) is 4.59. The van der Waals surface area contributed by atoms with Crippen molar-refractivity contribution < 1.29 is 87.4 Å². The number of nitrogens with zero attached hydrogens (tertiary/aromatic N) is 3. The molecule has 1 aromatic carbocycles. The Hall–Kier alpha value is -4.21. The zero-order chi connectivity index (χ0) is 61.0. The summed E-state index contributed by atoms with van der Waals surface area (Å²) in [4.78, 5) is 61.0. The number of nitrogens with one attached hydrogen (secondary N) is 1. The van der Waals surface area contributed by atoms with Crippen LogP contribution in [-0.4, -0.2) is 191 Å². The molecule has 0 radical (unpaired) electrons. The fraction of sp³-hybridized carbons (Fsp3) is 0.780. The van der Waals surface area contributed by atoms with Crippen molar-refractivity contribution in [3.05, 3.63) is 45.2 Å². The number of aliphatic hydroxyl groups excluding tert-OH is 2.